The van der Waals surface area contributed by atoms with Crippen LogP contribution in [-0.2, 0) is 5.60 Å². The van der Waals surface area contributed by atoms with Gasteiger partial charge in [-0.1, -0.05) is 30.3 Å². The Labute approximate surface area is 179 Å². The largest absolute Gasteiger partial charge is 0.496 e. The molecule has 3 aromatic rings. The zero-order chi connectivity index (χ0) is 21.6. The van der Waals surface area contributed by atoms with E-state index in [-0.39, 0.29) is 17.7 Å². The van der Waals surface area contributed by atoms with Crippen LogP contribution in [0.25, 0.3) is 11.3 Å². The van der Waals surface area contributed by atoms with Crippen molar-refractivity contribution in [1.82, 2.24) is 15.1 Å². The fourth-order valence-corrected chi connectivity index (χ4v) is 5.20. The molecule has 0 radical (unpaired) electrons. The van der Waals surface area contributed by atoms with Crippen LogP contribution in [0.5, 0.6) is 5.75 Å². The van der Waals surface area contributed by atoms with Crippen LogP contribution >= 0.6 is 0 Å². The highest BCUT2D eigenvalue weighted by atomic mass is 19.1. The summed E-state index contributed by atoms with van der Waals surface area (Å²) in [7, 11) is 1.59. The van der Waals surface area contributed by atoms with Crippen LogP contribution in [-0.4, -0.2) is 46.3 Å². The summed E-state index contributed by atoms with van der Waals surface area (Å²) in [6, 6.07) is 15.6. The molecule has 2 heterocycles. The number of hydrogen-bond acceptors (Lipinski definition) is 4. The summed E-state index contributed by atoms with van der Waals surface area (Å²) in [6.07, 6.45) is 1.27. The quantitative estimate of drug-likeness (QED) is 0.675. The molecule has 1 aliphatic carbocycles. The van der Waals surface area contributed by atoms with Gasteiger partial charge in [0.25, 0.3) is 5.91 Å². The first-order chi connectivity index (χ1) is 15.0. The van der Waals surface area contributed by atoms with E-state index in [2.05, 4.69) is 10.2 Å². The first-order valence-corrected chi connectivity index (χ1v) is 10.5. The van der Waals surface area contributed by atoms with Gasteiger partial charge in [0.15, 0.2) is 0 Å². The Morgan fingerprint density at radius 1 is 1.23 bits per heavy atom. The van der Waals surface area contributed by atoms with Gasteiger partial charge in [0.05, 0.1) is 18.4 Å². The van der Waals surface area contributed by atoms with Gasteiger partial charge >= 0.3 is 0 Å². The number of nitrogens with zero attached hydrogens (tertiary/aromatic N) is 2. The first-order valence-electron chi connectivity index (χ1n) is 10.5. The van der Waals surface area contributed by atoms with Crippen LogP contribution in [0.2, 0.25) is 0 Å². The molecule has 2 aromatic carbocycles. The zero-order valence-corrected chi connectivity index (χ0v) is 17.2. The minimum absolute atomic E-state index is 0.144. The number of H-pyrrole nitrogens is 1. The number of halogens is 1. The Morgan fingerprint density at radius 3 is 2.81 bits per heavy atom. The highest BCUT2D eigenvalue weighted by Crippen LogP contribution is 2.51. The number of aromatic nitrogens is 2. The van der Waals surface area contributed by atoms with Crippen molar-refractivity contribution in [3.8, 4) is 17.0 Å². The maximum Gasteiger partial charge on any atom is 0.271 e. The number of benzene rings is 2. The lowest BCUT2D eigenvalue weighted by atomic mass is 9.82. The molecule has 0 bridgehead atoms. The van der Waals surface area contributed by atoms with E-state index in [0.29, 0.717) is 42.2 Å². The molecule has 2 aliphatic rings. The second kappa shape index (κ2) is 7.50. The molecule has 6 nitrogen and oxygen atoms in total. The molecule has 1 saturated heterocycles. The number of carbonyl (C=O) groups excluding carboxylic acids is 1. The van der Waals surface area contributed by atoms with Gasteiger partial charge in [-0.25, -0.2) is 4.39 Å². The van der Waals surface area contributed by atoms with Crippen LogP contribution in [0.15, 0.2) is 54.6 Å². The summed E-state index contributed by atoms with van der Waals surface area (Å²) < 4.78 is 19.8. The minimum atomic E-state index is -1.25. The summed E-state index contributed by atoms with van der Waals surface area (Å²) in [5.41, 5.74) is 0.893. The van der Waals surface area contributed by atoms with Gasteiger partial charge < -0.3 is 14.7 Å². The molecule has 1 amide bonds. The predicted molar refractivity (Wildman–Crippen MR) is 113 cm³/mol. The summed E-state index contributed by atoms with van der Waals surface area (Å²) >= 11 is 0. The van der Waals surface area contributed by atoms with E-state index in [1.54, 1.807) is 36.3 Å². The van der Waals surface area contributed by atoms with Crippen molar-refractivity contribution in [2.45, 2.75) is 18.4 Å². The molecule has 7 heteroatoms. The normalized spacial score (nSPS) is 24.9. The van der Waals surface area contributed by atoms with Crippen molar-refractivity contribution in [3.05, 3.63) is 71.7 Å². The maximum absolute atomic E-state index is 14.4. The fraction of sp³-hybridized carbons (Fsp3) is 0.333. The molecular formula is C24H24FN3O3. The van der Waals surface area contributed by atoms with Gasteiger partial charge in [0.1, 0.15) is 17.3 Å². The second-order valence-corrected chi connectivity index (χ2v) is 8.39. The SMILES string of the molecule is COc1ccccc1-c1cc(C(=O)N2C[C@H]3CC[C@](O)(c4ccccc4F)[C@H]3C2)[nH]n1. The Kier molecular flexibility index (Phi) is 4.78. The molecule has 2 fully saturated rings. The molecule has 0 spiro atoms. The molecule has 5 rings (SSSR count). The molecule has 160 valence electrons. The number of fused-ring (bicyclic) bond motifs is 1. The Balaban J connectivity index is 1.37. The molecule has 0 unspecified atom stereocenters. The fourth-order valence-electron chi connectivity index (χ4n) is 5.20. The van der Waals surface area contributed by atoms with Gasteiger partial charge in [0.2, 0.25) is 0 Å². The van der Waals surface area contributed by atoms with Gasteiger partial charge in [-0.15, -0.1) is 0 Å². The highest BCUT2D eigenvalue weighted by Gasteiger charge is 2.54. The Bertz CT molecular complexity index is 1130. The number of rotatable bonds is 4. The van der Waals surface area contributed by atoms with Crippen molar-refractivity contribution < 1.29 is 19.0 Å². The third kappa shape index (κ3) is 3.20. The smallest absolute Gasteiger partial charge is 0.271 e. The number of aromatic amines is 1. The van der Waals surface area contributed by atoms with E-state index in [1.165, 1.54) is 6.07 Å². The Hall–Kier alpha value is -3.19. The lowest BCUT2D eigenvalue weighted by Crippen LogP contribution is -2.37. The number of nitrogens with one attached hydrogen (secondary N) is 1. The number of aliphatic hydroxyl groups is 1. The lowest BCUT2D eigenvalue weighted by Gasteiger charge is -2.31. The van der Waals surface area contributed by atoms with E-state index < -0.39 is 11.4 Å². The van der Waals surface area contributed by atoms with Crippen molar-refractivity contribution in [2.75, 3.05) is 20.2 Å². The topological polar surface area (TPSA) is 78.5 Å². The summed E-state index contributed by atoms with van der Waals surface area (Å²) in [4.78, 5) is 14.9. The maximum atomic E-state index is 14.4. The van der Waals surface area contributed by atoms with E-state index in [4.69, 9.17) is 4.74 Å². The highest BCUT2D eigenvalue weighted by molar-refractivity contribution is 5.93. The Morgan fingerprint density at radius 2 is 2.00 bits per heavy atom. The molecule has 31 heavy (non-hydrogen) atoms. The third-order valence-electron chi connectivity index (χ3n) is 6.77. The molecule has 2 N–H and O–H groups in total. The second-order valence-electron chi connectivity index (χ2n) is 8.39. The number of amides is 1. The molecule has 1 aromatic heterocycles. The molecule has 1 saturated carbocycles. The minimum Gasteiger partial charge on any atom is -0.496 e. The van der Waals surface area contributed by atoms with E-state index in [0.717, 1.165) is 12.0 Å². The molecule has 3 atom stereocenters. The molecular weight excluding hydrogens is 397 g/mol. The number of ether oxygens (including phenoxy) is 1. The average molecular weight is 421 g/mol. The summed E-state index contributed by atoms with van der Waals surface area (Å²) in [5.74, 6) is 0.0677. The zero-order valence-electron chi connectivity index (χ0n) is 17.2. The monoisotopic (exact) mass is 421 g/mol. The predicted octanol–water partition coefficient (Wildman–Crippen LogP) is 3.59. The van der Waals surface area contributed by atoms with Gasteiger partial charge in [0, 0.05) is 30.1 Å². The number of para-hydroxylation sites is 1. The first kappa shape index (κ1) is 19.8. The van der Waals surface area contributed by atoms with Crippen molar-refractivity contribution in [1.29, 1.82) is 0 Å². The van der Waals surface area contributed by atoms with Crippen molar-refractivity contribution in [2.24, 2.45) is 11.8 Å². The van der Waals surface area contributed by atoms with E-state index in [1.807, 2.05) is 24.3 Å². The van der Waals surface area contributed by atoms with Crippen LogP contribution in [0.1, 0.15) is 28.9 Å². The number of carbonyl (C=O) groups is 1. The van der Waals surface area contributed by atoms with Crippen LogP contribution < -0.4 is 4.74 Å². The van der Waals surface area contributed by atoms with Crippen LogP contribution in [0, 0.1) is 17.7 Å². The van der Waals surface area contributed by atoms with E-state index in [9.17, 15) is 14.3 Å². The number of methoxy groups -OCH3 is 1. The van der Waals surface area contributed by atoms with Crippen LogP contribution in [0.3, 0.4) is 0 Å². The summed E-state index contributed by atoms with van der Waals surface area (Å²) in [6.45, 7) is 0.931. The standard InChI is InChI=1S/C24H24FN3O3/c1-31-22-9-5-2-6-16(22)20-12-21(27-26-20)23(29)28-13-15-10-11-24(30,18(15)14-28)17-7-3-4-8-19(17)25/h2-9,12,15,18,30H,10-11,13-14H2,1H3,(H,26,27)/t15-,18+,24+/m1/s1. The van der Waals surface area contributed by atoms with Crippen molar-refractivity contribution in [3.63, 3.8) is 0 Å². The molecule has 1 aliphatic heterocycles. The summed E-state index contributed by atoms with van der Waals surface area (Å²) in [5, 5.41) is 18.5. The lowest BCUT2D eigenvalue weighted by molar-refractivity contribution is -0.00895. The average Bonchev–Trinajstić information content (AvgIpc) is 3.51. The number of hydrogen-bond donors (Lipinski definition) is 2. The van der Waals surface area contributed by atoms with Gasteiger partial charge in [-0.2, -0.15) is 5.10 Å². The van der Waals surface area contributed by atoms with E-state index >= 15 is 0 Å². The van der Waals surface area contributed by atoms with Crippen molar-refractivity contribution >= 4 is 5.91 Å². The third-order valence-corrected chi connectivity index (χ3v) is 6.77. The van der Waals surface area contributed by atoms with Crippen LogP contribution in [0.4, 0.5) is 4.39 Å². The number of likely N-dealkylation sites (tertiary alicyclic amines) is 1. The van der Waals surface area contributed by atoms with Gasteiger partial charge in [-0.3, -0.25) is 9.89 Å². The van der Waals surface area contributed by atoms with Gasteiger partial charge in [-0.05, 0) is 43.0 Å².